The molecule has 1 N–H and O–H groups in total. The van der Waals surface area contributed by atoms with Crippen molar-refractivity contribution in [3.8, 4) is 5.75 Å². The molecule has 1 fully saturated rings. The summed E-state index contributed by atoms with van der Waals surface area (Å²) in [6.45, 7) is 0.629. The van der Waals surface area contributed by atoms with E-state index in [1.807, 2.05) is 0 Å². The number of furan rings is 1. The van der Waals surface area contributed by atoms with Crippen molar-refractivity contribution in [2.45, 2.75) is 18.9 Å². The largest absolute Gasteiger partial charge is 0.481 e. The van der Waals surface area contributed by atoms with E-state index < -0.39 is 17.5 Å². The standard InChI is InChI=1S/C18H18F2N2O4/c19-12-3-4-15(14(20)10-12)26-11-17(23)21-13-5-7-22(8-6-13)18(24)16-2-1-9-25-16/h1-4,9-10,13H,5-8,11H2,(H,21,23). The summed E-state index contributed by atoms with van der Waals surface area (Å²) >= 11 is 0. The third kappa shape index (κ3) is 4.38. The molecule has 26 heavy (non-hydrogen) atoms. The zero-order valence-corrected chi connectivity index (χ0v) is 13.9. The second kappa shape index (κ2) is 7.99. The summed E-state index contributed by atoms with van der Waals surface area (Å²) in [6.07, 6.45) is 2.65. The number of piperidine rings is 1. The highest BCUT2D eigenvalue weighted by atomic mass is 19.1. The minimum absolute atomic E-state index is 0.0928. The smallest absolute Gasteiger partial charge is 0.289 e. The predicted octanol–water partition coefficient (Wildman–Crippen LogP) is 2.36. The fourth-order valence-corrected chi connectivity index (χ4v) is 2.79. The molecule has 138 valence electrons. The van der Waals surface area contributed by atoms with Crippen molar-refractivity contribution in [2.24, 2.45) is 0 Å². The van der Waals surface area contributed by atoms with E-state index in [1.54, 1.807) is 17.0 Å². The summed E-state index contributed by atoms with van der Waals surface area (Å²) in [5, 5.41) is 2.79. The van der Waals surface area contributed by atoms with E-state index in [2.05, 4.69) is 5.32 Å². The van der Waals surface area contributed by atoms with Crippen LogP contribution in [0.15, 0.2) is 41.0 Å². The second-order valence-corrected chi connectivity index (χ2v) is 5.97. The number of hydrogen-bond acceptors (Lipinski definition) is 4. The van der Waals surface area contributed by atoms with Gasteiger partial charge in [0, 0.05) is 25.2 Å². The number of benzene rings is 1. The molecule has 3 rings (SSSR count). The van der Waals surface area contributed by atoms with Gasteiger partial charge in [-0.3, -0.25) is 9.59 Å². The third-order valence-corrected chi connectivity index (χ3v) is 4.13. The number of likely N-dealkylation sites (tertiary alicyclic amines) is 1. The summed E-state index contributed by atoms with van der Waals surface area (Å²) in [7, 11) is 0. The number of nitrogens with zero attached hydrogens (tertiary/aromatic N) is 1. The number of ether oxygens (including phenoxy) is 1. The lowest BCUT2D eigenvalue weighted by atomic mass is 10.0. The van der Waals surface area contributed by atoms with Crippen LogP contribution in [0.25, 0.3) is 0 Å². The van der Waals surface area contributed by atoms with E-state index >= 15 is 0 Å². The molecule has 0 unspecified atom stereocenters. The van der Waals surface area contributed by atoms with Gasteiger partial charge in [0.2, 0.25) is 0 Å². The van der Waals surface area contributed by atoms with Crippen LogP contribution in [0.4, 0.5) is 8.78 Å². The number of amides is 2. The van der Waals surface area contributed by atoms with E-state index in [1.165, 1.54) is 6.26 Å². The average Bonchev–Trinajstić information content (AvgIpc) is 3.16. The maximum absolute atomic E-state index is 13.5. The number of hydrogen-bond donors (Lipinski definition) is 1. The molecule has 0 radical (unpaired) electrons. The van der Waals surface area contributed by atoms with Crippen molar-refractivity contribution in [1.82, 2.24) is 10.2 Å². The van der Waals surface area contributed by atoms with E-state index in [0.717, 1.165) is 12.1 Å². The second-order valence-electron chi connectivity index (χ2n) is 5.97. The minimum atomic E-state index is -0.859. The first-order valence-corrected chi connectivity index (χ1v) is 8.23. The highest BCUT2D eigenvalue weighted by Gasteiger charge is 2.25. The SMILES string of the molecule is O=C(COc1ccc(F)cc1F)NC1CCN(C(=O)c2ccco2)CC1. The molecular weight excluding hydrogens is 346 g/mol. The first kappa shape index (κ1) is 17.9. The molecule has 6 nitrogen and oxygen atoms in total. The van der Waals surface area contributed by atoms with Crippen LogP contribution in [-0.2, 0) is 4.79 Å². The van der Waals surface area contributed by atoms with Gasteiger partial charge in [-0.25, -0.2) is 8.78 Å². The Bertz CT molecular complexity index is 772. The first-order valence-electron chi connectivity index (χ1n) is 8.23. The molecule has 1 aromatic carbocycles. The molecule has 1 aliphatic rings. The van der Waals surface area contributed by atoms with Gasteiger partial charge in [0.1, 0.15) is 5.82 Å². The van der Waals surface area contributed by atoms with Crippen molar-refractivity contribution in [1.29, 1.82) is 0 Å². The summed E-state index contributed by atoms with van der Waals surface area (Å²) in [6, 6.07) is 6.06. The average molecular weight is 364 g/mol. The molecule has 0 saturated carbocycles. The maximum atomic E-state index is 13.5. The van der Waals surface area contributed by atoms with Gasteiger partial charge >= 0.3 is 0 Å². The minimum Gasteiger partial charge on any atom is -0.481 e. The van der Waals surface area contributed by atoms with E-state index in [0.29, 0.717) is 37.8 Å². The number of halogens is 2. The molecule has 1 saturated heterocycles. The van der Waals surface area contributed by atoms with Crippen molar-refractivity contribution in [3.63, 3.8) is 0 Å². The number of carbonyl (C=O) groups is 2. The maximum Gasteiger partial charge on any atom is 0.289 e. The highest BCUT2D eigenvalue weighted by molar-refractivity contribution is 5.91. The van der Waals surface area contributed by atoms with Crippen LogP contribution in [0, 0.1) is 11.6 Å². The lowest BCUT2D eigenvalue weighted by Crippen LogP contribution is -2.47. The Balaban J connectivity index is 1.42. The van der Waals surface area contributed by atoms with Gasteiger partial charge in [0.05, 0.1) is 6.26 Å². The molecule has 1 aliphatic heterocycles. The van der Waals surface area contributed by atoms with E-state index in [9.17, 15) is 18.4 Å². The molecule has 0 aliphatic carbocycles. The Morgan fingerprint density at radius 2 is 2.00 bits per heavy atom. The summed E-state index contributed by atoms with van der Waals surface area (Å²) in [5.41, 5.74) is 0. The van der Waals surface area contributed by atoms with Crippen LogP contribution in [0.1, 0.15) is 23.4 Å². The first-order chi connectivity index (χ1) is 12.5. The molecule has 8 heteroatoms. The van der Waals surface area contributed by atoms with Crippen LogP contribution < -0.4 is 10.1 Å². The van der Waals surface area contributed by atoms with Crippen LogP contribution in [0.5, 0.6) is 5.75 Å². The van der Waals surface area contributed by atoms with Crippen LogP contribution >= 0.6 is 0 Å². The Morgan fingerprint density at radius 3 is 2.65 bits per heavy atom. The van der Waals surface area contributed by atoms with Gasteiger partial charge in [-0.1, -0.05) is 0 Å². The van der Waals surface area contributed by atoms with Crippen molar-refractivity contribution < 1.29 is 27.5 Å². The van der Waals surface area contributed by atoms with E-state index in [-0.39, 0.29) is 24.3 Å². The Labute approximate surface area is 148 Å². The molecule has 1 aromatic heterocycles. The fourth-order valence-electron chi connectivity index (χ4n) is 2.79. The Kier molecular flexibility index (Phi) is 5.50. The van der Waals surface area contributed by atoms with Crippen LogP contribution in [0.3, 0.4) is 0 Å². The van der Waals surface area contributed by atoms with Gasteiger partial charge in [-0.05, 0) is 37.1 Å². The van der Waals surface area contributed by atoms with Gasteiger partial charge < -0.3 is 19.4 Å². The topological polar surface area (TPSA) is 71.8 Å². The molecule has 0 atom stereocenters. The van der Waals surface area contributed by atoms with Crippen molar-refractivity contribution in [3.05, 3.63) is 54.0 Å². The Hall–Kier alpha value is -2.90. The monoisotopic (exact) mass is 364 g/mol. The zero-order valence-electron chi connectivity index (χ0n) is 13.9. The number of nitrogens with one attached hydrogen (secondary N) is 1. The van der Waals surface area contributed by atoms with Crippen molar-refractivity contribution in [2.75, 3.05) is 19.7 Å². The lowest BCUT2D eigenvalue weighted by molar-refractivity contribution is -0.124. The van der Waals surface area contributed by atoms with Crippen LogP contribution in [-0.4, -0.2) is 42.5 Å². The molecule has 0 bridgehead atoms. The van der Waals surface area contributed by atoms with Gasteiger partial charge in [-0.15, -0.1) is 0 Å². The highest BCUT2D eigenvalue weighted by Crippen LogP contribution is 2.18. The molecule has 0 spiro atoms. The zero-order chi connectivity index (χ0) is 18.5. The lowest BCUT2D eigenvalue weighted by Gasteiger charge is -2.31. The molecule has 2 amide bonds. The quantitative estimate of drug-likeness (QED) is 0.884. The van der Waals surface area contributed by atoms with E-state index in [4.69, 9.17) is 9.15 Å². The fraction of sp³-hybridized carbons (Fsp3) is 0.333. The van der Waals surface area contributed by atoms with Gasteiger partial charge in [0.25, 0.3) is 11.8 Å². The molecule has 2 heterocycles. The Morgan fingerprint density at radius 1 is 1.23 bits per heavy atom. The predicted molar refractivity (Wildman–Crippen MR) is 87.6 cm³/mol. The molecular formula is C18H18F2N2O4. The number of carbonyl (C=O) groups excluding carboxylic acids is 2. The summed E-state index contributed by atoms with van der Waals surface area (Å²) in [4.78, 5) is 25.8. The normalized spacial score (nSPS) is 14.9. The van der Waals surface area contributed by atoms with Crippen LogP contribution in [0.2, 0.25) is 0 Å². The van der Waals surface area contributed by atoms with Crippen molar-refractivity contribution >= 4 is 11.8 Å². The third-order valence-electron chi connectivity index (χ3n) is 4.13. The van der Waals surface area contributed by atoms with Gasteiger partial charge in [-0.2, -0.15) is 0 Å². The van der Waals surface area contributed by atoms with Gasteiger partial charge in [0.15, 0.2) is 23.9 Å². The number of rotatable bonds is 5. The summed E-state index contributed by atoms with van der Waals surface area (Å²) in [5.74, 6) is -2.03. The summed E-state index contributed by atoms with van der Waals surface area (Å²) < 4.78 is 36.5. The molecule has 2 aromatic rings.